The van der Waals surface area contributed by atoms with Crippen LogP contribution in [0.25, 0.3) is 5.69 Å². The predicted octanol–water partition coefficient (Wildman–Crippen LogP) is 2.14. The van der Waals surface area contributed by atoms with Crippen molar-refractivity contribution in [3.05, 3.63) is 47.2 Å². The molecule has 128 valence electrons. The number of carboxylic acids is 1. The molecule has 0 aliphatic carbocycles. The van der Waals surface area contributed by atoms with Gasteiger partial charge in [-0.05, 0) is 25.1 Å². The van der Waals surface area contributed by atoms with Crippen molar-refractivity contribution in [2.45, 2.75) is 18.9 Å². The average molecular weight is 352 g/mol. The zero-order valence-corrected chi connectivity index (χ0v) is 14.1. The number of rotatable bonds is 7. The highest BCUT2D eigenvalue weighted by molar-refractivity contribution is 6.30. The number of ether oxygens (including phenoxy) is 1. The van der Waals surface area contributed by atoms with Crippen molar-refractivity contribution in [1.82, 2.24) is 15.1 Å². The standard InChI is InChI=1S/C16H18ClN3O4/c1-16(10-24-2,7-14(21)22)19-15(23)11-8-18-20(9-11)13-5-3-4-12(17)6-13/h3-6,8-9H,7,10H2,1-2H3,(H,19,23)(H,21,22). The number of nitrogens with zero attached hydrogens (tertiary/aromatic N) is 2. The maximum absolute atomic E-state index is 12.4. The van der Waals surface area contributed by atoms with Crippen LogP contribution in [-0.2, 0) is 9.53 Å². The maximum atomic E-state index is 12.4. The minimum Gasteiger partial charge on any atom is -0.481 e. The van der Waals surface area contributed by atoms with Gasteiger partial charge in [0, 0.05) is 18.3 Å². The summed E-state index contributed by atoms with van der Waals surface area (Å²) in [5.41, 5.74) is 0.00459. The van der Waals surface area contributed by atoms with E-state index in [1.165, 1.54) is 18.0 Å². The normalized spacial score (nSPS) is 13.3. The van der Waals surface area contributed by atoms with Gasteiger partial charge in [0.05, 0.1) is 36.0 Å². The van der Waals surface area contributed by atoms with E-state index in [9.17, 15) is 9.59 Å². The lowest BCUT2D eigenvalue weighted by Crippen LogP contribution is -2.50. The van der Waals surface area contributed by atoms with Crippen LogP contribution >= 0.6 is 11.6 Å². The quantitative estimate of drug-likeness (QED) is 0.797. The van der Waals surface area contributed by atoms with E-state index in [-0.39, 0.29) is 13.0 Å². The lowest BCUT2D eigenvalue weighted by atomic mass is 9.98. The second-order valence-corrected chi connectivity index (χ2v) is 6.11. The molecule has 0 aliphatic heterocycles. The van der Waals surface area contributed by atoms with Gasteiger partial charge in [0.1, 0.15) is 0 Å². The second-order valence-electron chi connectivity index (χ2n) is 5.67. The number of benzene rings is 1. The van der Waals surface area contributed by atoms with E-state index in [0.29, 0.717) is 16.3 Å². The highest BCUT2D eigenvalue weighted by Crippen LogP contribution is 2.16. The Morgan fingerprint density at radius 3 is 2.83 bits per heavy atom. The second kappa shape index (κ2) is 7.46. The minimum atomic E-state index is -1.02. The molecule has 2 aromatic rings. The van der Waals surface area contributed by atoms with Crippen LogP contribution in [0.3, 0.4) is 0 Å². The molecule has 0 saturated carbocycles. The summed E-state index contributed by atoms with van der Waals surface area (Å²) in [5, 5.41) is 16.4. The molecule has 2 rings (SSSR count). The summed E-state index contributed by atoms with van der Waals surface area (Å²) < 4.78 is 6.54. The first kappa shape index (κ1) is 18.0. The number of carbonyl (C=O) groups is 2. The van der Waals surface area contributed by atoms with Crippen LogP contribution in [0.15, 0.2) is 36.7 Å². The van der Waals surface area contributed by atoms with Gasteiger partial charge in [-0.3, -0.25) is 9.59 Å². The molecule has 0 fully saturated rings. The largest absolute Gasteiger partial charge is 0.481 e. The van der Waals surface area contributed by atoms with E-state index in [1.807, 2.05) is 0 Å². The smallest absolute Gasteiger partial charge is 0.305 e. The highest BCUT2D eigenvalue weighted by atomic mass is 35.5. The van der Waals surface area contributed by atoms with E-state index >= 15 is 0 Å². The molecule has 1 aromatic carbocycles. The van der Waals surface area contributed by atoms with Crippen LogP contribution in [0.2, 0.25) is 5.02 Å². The molecule has 8 heteroatoms. The number of amides is 1. The van der Waals surface area contributed by atoms with Crippen molar-refractivity contribution < 1.29 is 19.4 Å². The molecule has 1 amide bonds. The van der Waals surface area contributed by atoms with E-state index in [1.54, 1.807) is 37.4 Å². The Morgan fingerprint density at radius 2 is 2.21 bits per heavy atom. The molecular weight excluding hydrogens is 334 g/mol. The molecule has 24 heavy (non-hydrogen) atoms. The molecule has 0 bridgehead atoms. The van der Waals surface area contributed by atoms with E-state index in [4.69, 9.17) is 21.4 Å². The summed E-state index contributed by atoms with van der Waals surface area (Å²) in [7, 11) is 1.45. The lowest BCUT2D eigenvalue weighted by Gasteiger charge is -2.28. The number of nitrogens with one attached hydrogen (secondary N) is 1. The van der Waals surface area contributed by atoms with Crippen LogP contribution in [0.5, 0.6) is 0 Å². The number of carbonyl (C=O) groups excluding carboxylic acids is 1. The molecule has 0 aliphatic rings. The highest BCUT2D eigenvalue weighted by Gasteiger charge is 2.30. The van der Waals surface area contributed by atoms with E-state index in [2.05, 4.69) is 10.4 Å². The van der Waals surface area contributed by atoms with Gasteiger partial charge >= 0.3 is 5.97 Å². The topological polar surface area (TPSA) is 93.4 Å². The van der Waals surface area contributed by atoms with Gasteiger partial charge in [0.2, 0.25) is 0 Å². The van der Waals surface area contributed by atoms with Crippen LogP contribution in [0, 0.1) is 0 Å². The third kappa shape index (κ3) is 4.56. The Morgan fingerprint density at radius 1 is 1.46 bits per heavy atom. The Kier molecular flexibility index (Phi) is 5.58. The van der Waals surface area contributed by atoms with Crippen molar-refractivity contribution in [3.63, 3.8) is 0 Å². The first-order valence-electron chi connectivity index (χ1n) is 7.17. The number of carboxylic acid groups (broad SMARTS) is 1. The van der Waals surface area contributed by atoms with Crippen LogP contribution < -0.4 is 5.32 Å². The molecule has 0 radical (unpaired) electrons. The van der Waals surface area contributed by atoms with Gasteiger partial charge in [-0.2, -0.15) is 5.10 Å². The van der Waals surface area contributed by atoms with Gasteiger partial charge < -0.3 is 15.2 Å². The molecule has 1 aromatic heterocycles. The van der Waals surface area contributed by atoms with Crippen molar-refractivity contribution in [1.29, 1.82) is 0 Å². The zero-order valence-electron chi connectivity index (χ0n) is 13.3. The third-order valence-electron chi connectivity index (χ3n) is 3.34. The number of hydrogen-bond donors (Lipinski definition) is 2. The average Bonchev–Trinajstić information content (AvgIpc) is 2.96. The molecule has 0 spiro atoms. The predicted molar refractivity (Wildman–Crippen MR) is 88.6 cm³/mol. The maximum Gasteiger partial charge on any atom is 0.305 e. The number of aromatic nitrogens is 2. The fourth-order valence-electron chi connectivity index (χ4n) is 2.33. The number of methoxy groups -OCH3 is 1. The van der Waals surface area contributed by atoms with Crippen LogP contribution in [0.1, 0.15) is 23.7 Å². The van der Waals surface area contributed by atoms with E-state index in [0.717, 1.165) is 0 Å². The Hall–Kier alpha value is -2.38. The summed E-state index contributed by atoms with van der Waals surface area (Å²) in [6.45, 7) is 1.69. The van der Waals surface area contributed by atoms with Crippen molar-refractivity contribution in [3.8, 4) is 5.69 Å². The van der Waals surface area contributed by atoms with Gasteiger partial charge in [0.25, 0.3) is 5.91 Å². The van der Waals surface area contributed by atoms with E-state index < -0.39 is 17.4 Å². The SMILES string of the molecule is COCC(C)(CC(=O)O)NC(=O)c1cnn(-c2cccc(Cl)c2)c1. The van der Waals surface area contributed by atoms with Gasteiger partial charge in [-0.25, -0.2) is 4.68 Å². The molecule has 2 N–H and O–H groups in total. The minimum absolute atomic E-state index is 0.0769. The number of halogens is 1. The first-order chi connectivity index (χ1) is 11.3. The molecule has 1 unspecified atom stereocenters. The summed E-state index contributed by atoms with van der Waals surface area (Å²) in [5.74, 6) is -1.45. The summed E-state index contributed by atoms with van der Waals surface area (Å²) in [6, 6.07) is 7.04. The van der Waals surface area contributed by atoms with Gasteiger partial charge in [-0.1, -0.05) is 17.7 Å². The number of aliphatic carboxylic acids is 1. The summed E-state index contributed by atoms with van der Waals surface area (Å²) >= 11 is 5.94. The lowest BCUT2D eigenvalue weighted by molar-refractivity contribution is -0.139. The first-order valence-corrected chi connectivity index (χ1v) is 7.55. The fourth-order valence-corrected chi connectivity index (χ4v) is 2.51. The molecule has 1 heterocycles. The molecule has 0 saturated heterocycles. The Labute approximate surface area is 144 Å². The Bertz CT molecular complexity index is 746. The molecular formula is C16H18ClN3O4. The number of hydrogen-bond acceptors (Lipinski definition) is 4. The van der Waals surface area contributed by atoms with Crippen molar-refractivity contribution >= 4 is 23.5 Å². The molecule has 1 atom stereocenters. The zero-order chi connectivity index (χ0) is 17.7. The van der Waals surface area contributed by atoms with Crippen molar-refractivity contribution in [2.24, 2.45) is 0 Å². The van der Waals surface area contributed by atoms with Crippen LogP contribution in [-0.4, -0.2) is 46.0 Å². The molecule has 7 nitrogen and oxygen atoms in total. The van der Waals surface area contributed by atoms with Gasteiger partial charge in [-0.15, -0.1) is 0 Å². The fraction of sp³-hybridized carbons (Fsp3) is 0.312. The van der Waals surface area contributed by atoms with Gasteiger partial charge in [0.15, 0.2) is 0 Å². The summed E-state index contributed by atoms with van der Waals surface area (Å²) in [4.78, 5) is 23.4. The Balaban J connectivity index is 2.16. The monoisotopic (exact) mass is 351 g/mol. The van der Waals surface area contributed by atoms with Crippen LogP contribution in [0.4, 0.5) is 0 Å². The van der Waals surface area contributed by atoms with Crippen molar-refractivity contribution in [2.75, 3.05) is 13.7 Å². The third-order valence-corrected chi connectivity index (χ3v) is 3.57. The summed E-state index contributed by atoms with van der Waals surface area (Å²) in [6.07, 6.45) is 2.70.